The smallest absolute Gasteiger partial charge is 0.142 e. The summed E-state index contributed by atoms with van der Waals surface area (Å²) in [6.45, 7) is 2.08. The predicted octanol–water partition coefficient (Wildman–Crippen LogP) is 4.06. The molecule has 0 fully saturated rings. The Morgan fingerprint density at radius 2 is 1.91 bits per heavy atom. The molecule has 1 aromatic heterocycles. The van der Waals surface area contributed by atoms with Crippen LogP contribution in [-0.4, -0.2) is 15.8 Å². The molecule has 3 rings (SSSR count). The Labute approximate surface area is 129 Å². The summed E-state index contributed by atoms with van der Waals surface area (Å²) in [7, 11) is 0. The lowest BCUT2D eigenvalue weighted by atomic mass is 9.98. The van der Waals surface area contributed by atoms with Crippen LogP contribution in [-0.2, 0) is 4.79 Å². The van der Waals surface area contributed by atoms with Crippen LogP contribution in [0.5, 0.6) is 0 Å². The largest absolute Gasteiger partial charge is 0.306 e. The molecule has 0 aliphatic heterocycles. The maximum Gasteiger partial charge on any atom is 0.142 e. The van der Waals surface area contributed by atoms with Gasteiger partial charge in [-0.25, -0.2) is 4.98 Å². The van der Waals surface area contributed by atoms with E-state index in [1.54, 1.807) is 12.5 Å². The fraction of sp³-hybridized carbons (Fsp3) is 0.0526. The lowest BCUT2D eigenvalue weighted by Crippen LogP contribution is -1.90. The van der Waals surface area contributed by atoms with Crippen molar-refractivity contribution in [2.45, 2.75) is 6.92 Å². The molecule has 0 radical (unpaired) electrons. The molecule has 0 saturated carbocycles. The third-order valence-electron chi connectivity index (χ3n) is 3.60. The van der Waals surface area contributed by atoms with Crippen LogP contribution in [0.25, 0.3) is 22.9 Å². The fourth-order valence-corrected chi connectivity index (χ4v) is 2.49. The quantitative estimate of drug-likeness (QED) is 0.536. The van der Waals surface area contributed by atoms with Crippen molar-refractivity contribution in [2.24, 2.45) is 0 Å². The molecule has 1 heterocycles. The molecule has 22 heavy (non-hydrogen) atoms. The first-order valence-electron chi connectivity index (χ1n) is 7.09. The number of aryl methyl sites for hydroxylation is 1. The lowest BCUT2D eigenvalue weighted by Gasteiger charge is -2.09. The molecule has 0 amide bonds. The molecule has 0 spiro atoms. The molecule has 0 saturated heterocycles. The highest BCUT2D eigenvalue weighted by molar-refractivity contribution is 5.76. The molecule has 0 atom stereocenters. The van der Waals surface area contributed by atoms with E-state index in [2.05, 4.69) is 48.3 Å². The zero-order chi connectivity index (χ0) is 15.4. The molecule has 0 unspecified atom stereocenters. The third kappa shape index (κ3) is 2.88. The molecule has 108 valence electrons. The highest BCUT2D eigenvalue weighted by Crippen LogP contribution is 2.25. The summed E-state index contributed by atoms with van der Waals surface area (Å²) in [5.41, 5.74) is 5.67. The van der Waals surface area contributed by atoms with E-state index in [4.69, 9.17) is 0 Å². The van der Waals surface area contributed by atoms with Crippen molar-refractivity contribution in [3.8, 4) is 16.8 Å². The number of nitrogens with zero attached hydrogens (tertiary/aromatic N) is 2. The molecule has 0 aliphatic rings. The first-order chi connectivity index (χ1) is 10.8. The maximum atomic E-state index is 10.4. The van der Waals surface area contributed by atoms with Gasteiger partial charge in [-0.1, -0.05) is 36.4 Å². The number of aromatic nitrogens is 2. The number of hydrogen-bond acceptors (Lipinski definition) is 2. The minimum atomic E-state index is 0.790. The van der Waals surface area contributed by atoms with Crippen molar-refractivity contribution in [3.05, 3.63) is 78.4 Å². The second-order valence-corrected chi connectivity index (χ2v) is 5.09. The van der Waals surface area contributed by atoms with Crippen molar-refractivity contribution < 1.29 is 4.79 Å². The molecule has 0 bridgehead atoms. The van der Waals surface area contributed by atoms with Gasteiger partial charge in [0.2, 0.25) is 0 Å². The van der Waals surface area contributed by atoms with Crippen LogP contribution in [0.4, 0.5) is 0 Å². The van der Waals surface area contributed by atoms with Crippen LogP contribution in [0.15, 0.2) is 67.3 Å². The monoisotopic (exact) mass is 288 g/mol. The van der Waals surface area contributed by atoms with Gasteiger partial charge in [0.05, 0.1) is 6.33 Å². The van der Waals surface area contributed by atoms with E-state index in [0.717, 1.165) is 17.5 Å². The Kier molecular flexibility index (Phi) is 3.97. The molecule has 0 aliphatic carbocycles. The first kappa shape index (κ1) is 14.0. The van der Waals surface area contributed by atoms with Crippen molar-refractivity contribution in [3.63, 3.8) is 0 Å². The summed E-state index contributed by atoms with van der Waals surface area (Å²) in [6.07, 6.45) is 9.59. The first-order valence-corrected chi connectivity index (χ1v) is 7.09. The summed E-state index contributed by atoms with van der Waals surface area (Å²) >= 11 is 0. The average molecular weight is 288 g/mol. The van der Waals surface area contributed by atoms with E-state index in [1.807, 2.05) is 22.9 Å². The van der Waals surface area contributed by atoms with Gasteiger partial charge in [-0.05, 0) is 47.4 Å². The minimum absolute atomic E-state index is 0.790. The van der Waals surface area contributed by atoms with E-state index in [0.29, 0.717) is 0 Å². The minimum Gasteiger partial charge on any atom is -0.306 e. The number of carbonyl (C=O) groups excluding carboxylic acids is 1. The lowest BCUT2D eigenvalue weighted by molar-refractivity contribution is -0.104. The number of imidazole rings is 1. The van der Waals surface area contributed by atoms with Crippen molar-refractivity contribution >= 4 is 12.4 Å². The summed E-state index contributed by atoms with van der Waals surface area (Å²) in [4.78, 5) is 14.4. The summed E-state index contributed by atoms with van der Waals surface area (Å²) < 4.78 is 1.98. The molecule has 2 aromatic carbocycles. The zero-order valence-corrected chi connectivity index (χ0v) is 12.3. The van der Waals surface area contributed by atoms with Gasteiger partial charge in [-0.2, -0.15) is 0 Å². The zero-order valence-electron chi connectivity index (χ0n) is 12.3. The standard InChI is InChI=1S/C19H16N2O/c1-15-13-16(3-2-12-22)4-9-19(15)17-5-7-18(8-6-17)21-11-10-20-14-21/h2-14H,1H3/b3-2+. The molecule has 3 nitrogen and oxygen atoms in total. The van der Waals surface area contributed by atoms with E-state index in [9.17, 15) is 4.79 Å². The highest BCUT2D eigenvalue weighted by atomic mass is 16.1. The number of hydrogen-bond donors (Lipinski definition) is 0. The van der Waals surface area contributed by atoms with Gasteiger partial charge in [-0.3, -0.25) is 4.79 Å². The second-order valence-electron chi connectivity index (χ2n) is 5.09. The SMILES string of the molecule is Cc1cc(/C=C/C=O)ccc1-c1ccc(-n2ccnc2)cc1. The average Bonchev–Trinajstić information content (AvgIpc) is 3.08. The number of carbonyl (C=O) groups is 1. The number of aldehydes is 1. The highest BCUT2D eigenvalue weighted by Gasteiger charge is 2.03. The molecule has 3 heteroatoms. The topological polar surface area (TPSA) is 34.9 Å². The van der Waals surface area contributed by atoms with Gasteiger partial charge >= 0.3 is 0 Å². The van der Waals surface area contributed by atoms with Gasteiger partial charge in [0.15, 0.2) is 0 Å². The van der Waals surface area contributed by atoms with Crippen molar-refractivity contribution in [1.29, 1.82) is 0 Å². The Morgan fingerprint density at radius 3 is 2.55 bits per heavy atom. The van der Waals surface area contributed by atoms with E-state index in [-0.39, 0.29) is 0 Å². The van der Waals surface area contributed by atoms with E-state index >= 15 is 0 Å². The van der Waals surface area contributed by atoms with Crippen molar-refractivity contribution in [1.82, 2.24) is 9.55 Å². The van der Waals surface area contributed by atoms with Crippen LogP contribution in [0.1, 0.15) is 11.1 Å². The summed E-state index contributed by atoms with van der Waals surface area (Å²) in [6, 6.07) is 14.6. The molecule has 3 aromatic rings. The van der Waals surface area contributed by atoms with Gasteiger partial charge in [0.25, 0.3) is 0 Å². The number of benzene rings is 2. The Hall–Kier alpha value is -2.94. The Morgan fingerprint density at radius 1 is 1.09 bits per heavy atom. The fourth-order valence-electron chi connectivity index (χ4n) is 2.49. The number of allylic oxidation sites excluding steroid dienone is 1. The van der Waals surface area contributed by atoms with Crippen LogP contribution in [0, 0.1) is 6.92 Å². The van der Waals surface area contributed by atoms with Gasteiger partial charge in [0, 0.05) is 18.1 Å². The maximum absolute atomic E-state index is 10.4. The molecular weight excluding hydrogens is 272 g/mol. The Balaban J connectivity index is 1.91. The third-order valence-corrected chi connectivity index (χ3v) is 3.60. The summed E-state index contributed by atoms with van der Waals surface area (Å²) in [5, 5.41) is 0. The van der Waals surface area contributed by atoms with Crippen LogP contribution in [0.2, 0.25) is 0 Å². The molecular formula is C19H16N2O. The van der Waals surface area contributed by atoms with Crippen LogP contribution >= 0.6 is 0 Å². The normalized spacial score (nSPS) is 11.0. The summed E-state index contributed by atoms with van der Waals surface area (Å²) in [5.74, 6) is 0. The van der Waals surface area contributed by atoms with Gasteiger partial charge in [0.1, 0.15) is 6.29 Å². The number of rotatable bonds is 4. The van der Waals surface area contributed by atoms with E-state index < -0.39 is 0 Å². The Bertz CT molecular complexity index is 800. The van der Waals surface area contributed by atoms with Crippen LogP contribution in [0.3, 0.4) is 0 Å². The van der Waals surface area contributed by atoms with Crippen LogP contribution < -0.4 is 0 Å². The van der Waals surface area contributed by atoms with Crippen molar-refractivity contribution in [2.75, 3.05) is 0 Å². The van der Waals surface area contributed by atoms with E-state index in [1.165, 1.54) is 22.8 Å². The molecule has 0 N–H and O–H groups in total. The van der Waals surface area contributed by atoms with Gasteiger partial charge < -0.3 is 4.57 Å². The second kappa shape index (κ2) is 6.22. The van der Waals surface area contributed by atoms with Gasteiger partial charge in [-0.15, -0.1) is 0 Å². The predicted molar refractivity (Wildman–Crippen MR) is 88.8 cm³/mol.